The number of methoxy groups -OCH3 is 1. The van der Waals surface area contributed by atoms with Gasteiger partial charge in [0.05, 0.1) is 7.11 Å². The predicted molar refractivity (Wildman–Crippen MR) is 51.9 cm³/mol. The lowest BCUT2D eigenvalue weighted by molar-refractivity contribution is -0.143. The Kier molecular flexibility index (Phi) is 3.62. The zero-order valence-corrected chi connectivity index (χ0v) is 8.18. The van der Waals surface area contributed by atoms with E-state index in [-0.39, 0.29) is 11.3 Å². The number of carbonyl (C=O) groups excluding carboxylic acids is 1. The number of halogens is 1. The zero-order valence-electron chi connectivity index (χ0n) is 8.18. The number of phenols is 1. The molecule has 0 aliphatic carbocycles. The number of hydrogen-bond donors (Lipinski definition) is 2. The van der Waals surface area contributed by atoms with Gasteiger partial charge in [-0.3, -0.25) is 4.79 Å². The van der Waals surface area contributed by atoms with Crippen LogP contribution in [0.15, 0.2) is 24.3 Å². The van der Waals surface area contributed by atoms with E-state index >= 15 is 0 Å². The van der Waals surface area contributed by atoms with Crippen molar-refractivity contribution in [1.82, 2.24) is 0 Å². The van der Waals surface area contributed by atoms with Crippen LogP contribution in [0.1, 0.15) is 11.7 Å². The third-order valence-electron chi connectivity index (χ3n) is 1.98. The van der Waals surface area contributed by atoms with Crippen LogP contribution >= 0.6 is 0 Å². The monoisotopic (exact) mass is 213 g/mol. The molecule has 0 saturated heterocycles. The Morgan fingerprint density at radius 3 is 2.80 bits per heavy atom. The minimum Gasteiger partial charge on any atom is -0.508 e. The number of hydrogen-bond acceptors (Lipinski definition) is 4. The molecule has 15 heavy (non-hydrogen) atoms. The van der Waals surface area contributed by atoms with Gasteiger partial charge in [-0.1, -0.05) is 12.1 Å². The van der Waals surface area contributed by atoms with Crippen molar-refractivity contribution in [2.24, 2.45) is 5.73 Å². The van der Waals surface area contributed by atoms with E-state index in [9.17, 15) is 9.18 Å². The van der Waals surface area contributed by atoms with Crippen molar-refractivity contribution in [3.8, 4) is 5.75 Å². The van der Waals surface area contributed by atoms with E-state index in [2.05, 4.69) is 4.74 Å². The molecular formula is C10H12FNO3. The van der Waals surface area contributed by atoms with Gasteiger partial charge in [-0.05, 0) is 17.7 Å². The summed E-state index contributed by atoms with van der Waals surface area (Å²) in [4.78, 5) is 11.0. The summed E-state index contributed by atoms with van der Waals surface area (Å²) >= 11 is 0. The van der Waals surface area contributed by atoms with Crippen LogP contribution in [-0.4, -0.2) is 24.2 Å². The highest BCUT2D eigenvalue weighted by Gasteiger charge is 2.26. The molecule has 0 fully saturated rings. The molecule has 82 valence electrons. The minimum absolute atomic E-state index is 0.0767. The number of phenolic OH excluding ortho intramolecular Hbond substituents is 1. The number of alkyl halides is 1. The molecule has 1 aromatic rings. The normalized spacial score (nSPS) is 14.3. The molecule has 3 N–H and O–H groups in total. The number of carbonyl (C=O) groups is 1. The first-order valence-electron chi connectivity index (χ1n) is 4.32. The van der Waals surface area contributed by atoms with Crippen molar-refractivity contribution >= 4 is 5.97 Å². The number of ether oxygens (including phenoxy) is 1. The van der Waals surface area contributed by atoms with Crippen LogP contribution in [0.3, 0.4) is 0 Å². The lowest BCUT2D eigenvalue weighted by atomic mass is 10.0. The van der Waals surface area contributed by atoms with Crippen LogP contribution < -0.4 is 5.73 Å². The zero-order chi connectivity index (χ0) is 11.4. The summed E-state index contributed by atoms with van der Waals surface area (Å²) in [5.74, 6) is -0.905. The molecule has 0 aliphatic heterocycles. The topological polar surface area (TPSA) is 72.5 Å². The molecule has 0 radical (unpaired) electrons. The second-order valence-electron chi connectivity index (χ2n) is 3.05. The Morgan fingerprint density at radius 2 is 2.27 bits per heavy atom. The van der Waals surface area contributed by atoms with Crippen LogP contribution in [0.2, 0.25) is 0 Å². The van der Waals surface area contributed by atoms with Crippen LogP contribution in [0.5, 0.6) is 5.75 Å². The first-order valence-corrected chi connectivity index (χ1v) is 4.32. The Morgan fingerprint density at radius 1 is 1.60 bits per heavy atom. The fourth-order valence-electron chi connectivity index (χ4n) is 1.16. The second-order valence-corrected chi connectivity index (χ2v) is 3.05. The van der Waals surface area contributed by atoms with E-state index < -0.39 is 18.2 Å². The van der Waals surface area contributed by atoms with Gasteiger partial charge < -0.3 is 15.6 Å². The predicted octanol–water partition coefficient (Wildman–Crippen LogP) is 0.903. The van der Waals surface area contributed by atoms with Crippen molar-refractivity contribution in [1.29, 1.82) is 0 Å². The summed E-state index contributed by atoms with van der Waals surface area (Å²) < 4.78 is 17.9. The minimum atomic E-state index is -1.69. The molecule has 0 amide bonds. The summed E-state index contributed by atoms with van der Waals surface area (Å²) in [6.07, 6.45) is -1.69. The van der Waals surface area contributed by atoms with E-state index in [4.69, 9.17) is 10.8 Å². The largest absolute Gasteiger partial charge is 0.508 e. The summed E-state index contributed by atoms with van der Waals surface area (Å²) in [6.45, 7) is 0. The Balaban J connectivity index is 2.84. The highest BCUT2D eigenvalue weighted by molar-refractivity contribution is 5.76. The van der Waals surface area contributed by atoms with Gasteiger partial charge in [-0.25, -0.2) is 4.39 Å². The van der Waals surface area contributed by atoms with Gasteiger partial charge in [0.1, 0.15) is 11.8 Å². The van der Waals surface area contributed by atoms with Crippen LogP contribution in [-0.2, 0) is 9.53 Å². The van der Waals surface area contributed by atoms with Gasteiger partial charge in [0, 0.05) is 0 Å². The molecule has 0 bridgehead atoms. The van der Waals surface area contributed by atoms with Crippen LogP contribution in [0.25, 0.3) is 0 Å². The summed E-state index contributed by atoms with van der Waals surface area (Å²) in [6, 6.07) is 4.15. The second kappa shape index (κ2) is 4.75. The molecule has 0 spiro atoms. The molecule has 0 saturated carbocycles. The molecule has 0 aromatic heterocycles. The van der Waals surface area contributed by atoms with E-state index in [1.54, 1.807) is 0 Å². The third kappa shape index (κ3) is 2.66. The van der Waals surface area contributed by atoms with Crippen molar-refractivity contribution < 1.29 is 19.0 Å². The lowest BCUT2D eigenvalue weighted by Crippen LogP contribution is -2.35. The average Bonchev–Trinajstić information content (AvgIpc) is 2.26. The van der Waals surface area contributed by atoms with Gasteiger partial charge in [0.15, 0.2) is 6.17 Å². The van der Waals surface area contributed by atoms with Gasteiger partial charge in [0.2, 0.25) is 0 Å². The average molecular weight is 213 g/mol. The van der Waals surface area contributed by atoms with Crippen molar-refractivity contribution in [3.05, 3.63) is 29.8 Å². The summed E-state index contributed by atoms with van der Waals surface area (Å²) in [7, 11) is 1.14. The fraction of sp³-hybridized carbons (Fsp3) is 0.300. The van der Waals surface area contributed by atoms with Crippen molar-refractivity contribution in [2.75, 3.05) is 7.11 Å². The first-order chi connectivity index (χ1) is 7.06. The van der Waals surface area contributed by atoms with E-state index in [0.717, 1.165) is 7.11 Å². The van der Waals surface area contributed by atoms with E-state index in [0.29, 0.717) is 0 Å². The Labute approximate surface area is 86.5 Å². The van der Waals surface area contributed by atoms with E-state index in [1.165, 1.54) is 24.3 Å². The maximum atomic E-state index is 13.6. The highest BCUT2D eigenvalue weighted by atomic mass is 19.1. The Bertz CT molecular complexity index is 356. The Hall–Kier alpha value is -1.62. The maximum Gasteiger partial charge on any atom is 0.326 e. The summed E-state index contributed by atoms with van der Waals surface area (Å²) in [5.41, 5.74) is 5.47. The lowest BCUT2D eigenvalue weighted by Gasteiger charge is -2.14. The molecule has 1 aromatic carbocycles. The smallest absolute Gasteiger partial charge is 0.326 e. The standard InChI is InChI=1S/C10H12FNO3/c1-15-10(14)9(12)8(11)6-3-2-4-7(13)5-6/h2-5,8-9,13H,12H2,1H3. The van der Waals surface area contributed by atoms with E-state index in [1.807, 2.05) is 0 Å². The molecule has 1 rings (SSSR count). The quantitative estimate of drug-likeness (QED) is 0.732. The number of nitrogens with two attached hydrogens (primary N) is 1. The summed E-state index contributed by atoms with van der Waals surface area (Å²) in [5, 5.41) is 9.12. The van der Waals surface area contributed by atoms with Crippen molar-refractivity contribution in [3.63, 3.8) is 0 Å². The number of aromatic hydroxyl groups is 1. The maximum absolute atomic E-state index is 13.6. The van der Waals surface area contributed by atoms with Gasteiger partial charge in [-0.2, -0.15) is 0 Å². The highest BCUT2D eigenvalue weighted by Crippen LogP contribution is 2.23. The molecular weight excluding hydrogens is 201 g/mol. The fourth-order valence-corrected chi connectivity index (χ4v) is 1.16. The SMILES string of the molecule is COC(=O)C(N)C(F)c1cccc(O)c1. The van der Waals surface area contributed by atoms with Crippen LogP contribution in [0, 0.1) is 0 Å². The van der Waals surface area contributed by atoms with Gasteiger partial charge >= 0.3 is 5.97 Å². The van der Waals surface area contributed by atoms with Gasteiger partial charge in [0.25, 0.3) is 0 Å². The third-order valence-corrected chi connectivity index (χ3v) is 1.98. The van der Waals surface area contributed by atoms with Crippen molar-refractivity contribution in [2.45, 2.75) is 12.2 Å². The molecule has 2 unspecified atom stereocenters. The number of esters is 1. The van der Waals surface area contributed by atoms with Crippen LogP contribution in [0.4, 0.5) is 4.39 Å². The molecule has 2 atom stereocenters. The van der Waals surface area contributed by atoms with Gasteiger partial charge in [-0.15, -0.1) is 0 Å². The number of rotatable bonds is 3. The first kappa shape index (κ1) is 11.5. The molecule has 0 heterocycles. The number of benzene rings is 1. The molecule has 5 heteroatoms. The molecule has 4 nitrogen and oxygen atoms in total. The molecule has 0 aliphatic rings.